The van der Waals surface area contributed by atoms with Crippen molar-refractivity contribution in [3.05, 3.63) is 29.3 Å². The zero-order valence-corrected chi connectivity index (χ0v) is 11.4. The normalized spacial score (nSPS) is 10.5. The van der Waals surface area contributed by atoms with Crippen molar-refractivity contribution in [2.45, 2.75) is 46.1 Å². The van der Waals surface area contributed by atoms with Gasteiger partial charge in [0.2, 0.25) is 0 Å². The molecule has 0 unspecified atom stereocenters. The van der Waals surface area contributed by atoms with E-state index in [-0.39, 0.29) is 0 Å². The van der Waals surface area contributed by atoms with Crippen molar-refractivity contribution in [2.75, 3.05) is 13.7 Å². The Morgan fingerprint density at radius 2 is 2.00 bits per heavy atom. The standard InChI is InChI=1S/C15H25NO/c1-4-5-6-7-10-17-15-9-8-13(2)11-14(15)12-16-3/h8-9,11,16H,4-7,10,12H2,1-3H3. The molecule has 0 aliphatic carbocycles. The average Bonchev–Trinajstić information content (AvgIpc) is 2.32. The number of unbranched alkanes of at least 4 members (excludes halogenated alkanes) is 3. The summed E-state index contributed by atoms with van der Waals surface area (Å²) in [6.45, 7) is 6.04. The van der Waals surface area contributed by atoms with E-state index in [9.17, 15) is 0 Å². The molecule has 1 N–H and O–H groups in total. The molecule has 0 saturated heterocycles. The molecule has 17 heavy (non-hydrogen) atoms. The molecule has 96 valence electrons. The smallest absolute Gasteiger partial charge is 0.123 e. The first-order valence-electron chi connectivity index (χ1n) is 6.65. The van der Waals surface area contributed by atoms with E-state index in [1.54, 1.807) is 0 Å². The molecule has 2 nitrogen and oxygen atoms in total. The first-order chi connectivity index (χ1) is 8.27. The summed E-state index contributed by atoms with van der Waals surface area (Å²) in [6, 6.07) is 6.39. The van der Waals surface area contributed by atoms with Crippen molar-refractivity contribution in [1.82, 2.24) is 5.32 Å². The van der Waals surface area contributed by atoms with Gasteiger partial charge < -0.3 is 10.1 Å². The van der Waals surface area contributed by atoms with E-state index in [1.807, 2.05) is 7.05 Å². The monoisotopic (exact) mass is 235 g/mol. The summed E-state index contributed by atoms with van der Waals surface area (Å²) in [5, 5.41) is 3.18. The third kappa shape index (κ3) is 5.22. The Kier molecular flexibility index (Phi) is 6.71. The summed E-state index contributed by atoms with van der Waals surface area (Å²) < 4.78 is 5.85. The fourth-order valence-electron chi connectivity index (χ4n) is 1.89. The number of aryl methyl sites for hydroxylation is 1. The number of rotatable bonds is 8. The Balaban J connectivity index is 2.45. The van der Waals surface area contributed by atoms with Crippen LogP contribution in [0, 0.1) is 6.92 Å². The maximum absolute atomic E-state index is 5.85. The molecule has 2 heteroatoms. The topological polar surface area (TPSA) is 21.3 Å². The Labute approximate surface area is 105 Å². The van der Waals surface area contributed by atoms with Crippen LogP contribution in [0.2, 0.25) is 0 Å². The second-order valence-electron chi connectivity index (χ2n) is 4.55. The van der Waals surface area contributed by atoms with E-state index in [2.05, 4.69) is 37.4 Å². The largest absolute Gasteiger partial charge is 0.493 e. The lowest BCUT2D eigenvalue weighted by molar-refractivity contribution is 0.301. The minimum Gasteiger partial charge on any atom is -0.493 e. The van der Waals surface area contributed by atoms with E-state index >= 15 is 0 Å². The van der Waals surface area contributed by atoms with Gasteiger partial charge in [0, 0.05) is 12.1 Å². The van der Waals surface area contributed by atoms with Crippen LogP contribution >= 0.6 is 0 Å². The van der Waals surface area contributed by atoms with Gasteiger partial charge in [0.1, 0.15) is 5.75 Å². The van der Waals surface area contributed by atoms with Gasteiger partial charge in [-0.05, 0) is 26.5 Å². The van der Waals surface area contributed by atoms with Crippen LogP contribution in [-0.2, 0) is 6.54 Å². The van der Waals surface area contributed by atoms with E-state index in [1.165, 1.54) is 30.4 Å². The maximum atomic E-state index is 5.85. The summed E-state index contributed by atoms with van der Waals surface area (Å²) in [5.74, 6) is 1.03. The number of hydrogen-bond acceptors (Lipinski definition) is 2. The van der Waals surface area contributed by atoms with E-state index < -0.39 is 0 Å². The Hall–Kier alpha value is -1.02. The molecule has 0 aromatic heterocycles. The molecular weight excluding hydrogens is 210 g/mol. The number of benzene rings is 1. The molecule has 0 radical (unpaired) electrons. The molecule has 0 atom stereocenters. The quantitative estimate of drug-likeness (QED) is 0.694. The zero-order valence-electron chi connectivity index (χ0n) is 11.4. The van der Waals surface area contributed by atoms with E-state index in [4.69, 9.17) is 4.74 Å². The van der Waals surface area contributed by atoms with Gasteiger partial charge in [-0.1, -0.05) is 43.9 Å². The lowest BCUT2D eigenvalue weighted by Crippen LogP contribution is -2.08. The summed E-state index contributed by atoms with van der Waals surface area (Å²) in [5.41, 5.74) is 2.54. The lowest BCUT2D eigenvalue weighted by atomic mass is 10.1. The van der Waals surface area contributed by atoms with Crippen LogP contribution in [0.5, 0.6) is 5.75 Å². The minimum atomic E-state index is 0.833. The van der Waals surface area contributed by atoms with Crippen molar-refractivity contribution < 1.29 is 4.74 Å². The Morgan fingerprint density at radius 3 is 2.71 bits per heavy atom. The van der Waals surface area contributed by atoms with Crippen LogP contribution < -0.4 is 10.1 Å². The minimum absolute atomic E-state index is 0.833. The fourth-order valence-corrected chi connectivity index (χ4v) is 1.89. The van der Waals surface area contributed by atoms with Crippen LogP contribution in [0.1, 0.15) is 43.7 Å². The summed E-state index contributed by atoms with van der Waals surface area (Å²) >= 11 is 0. The Morgan fingerprint density at radius 1 is 1.18 bits per heavy atom. The predicted molar refractivity (Wildman–Crippen MR) is 73.6 cm³/mol. The highest BCUT2D eigenvalue weighted by Gasteiger charge is 2.03. The van der Waals surface area contributed by atoms with Crippen molar-refractivity contribution in [2.24, 2.45) is 0 Å². The predicted octanol–water partition coefficient (Wildman–Crippen LogP) is 3.67. The van der Waals surface area contributed by atoms with Gasteiger partial charge in [0.15, 0.2) is 0 Å². The molecule has 0 heterocycles. The van der Waals surface area contributed by atoms with Crippen LogP contribution in [0.3, 0.4) is 0 Å². The number of hydrogen-bond donors (Lipinski definition) is 1. The summed E-state index contributed by atoms with van der Waals surface area (Å²) in [6.07, 6.45) is 5.00. The molecule has 0 bridgehead atoms. The second-order valence-corrected chi connectivity index (χ2v) is 4.55. The van der Waals surface area contributed by atoms with Gasteiger partial charge in [0.25, 0.3) is 0 Å². The van der Waals surface area contributed by atoms with Gasteiger partial charge >= 0.3 is 0 Å². The Bertz CT molecular complexity index is 323. The molecule has 1 aromatic rings. The first kappa shape index (κ1) is 14.0. The highest BCUT2D eigenvalue weighted by Crippen LogP contribution is 2.20. The van der Waals surface area contributed by atoms with Crippen molar-refractivity contribution in [3.63, 3.8) is 0 Å². The molecule has 0 spiro atoms. The first-order valence-corrected chi connectivity index (χ1v) is 6.65. The van der Waals surface area contributed by atoms with Crippen LogP contribution in [-0.4, -0.2) is 13.7 Å². The van der Waals surface area contributed by atoms with Gasteiger partial charge in [-0.2, -0.15) is 0 Å². The number of ether oxygens (including phenoxy) is 1. The maximum Gasteiger partial charge on any atom is 0.123 e. The summed E-state index contributed by atoms with van der Waals surface area (Å²) in [7, 11) is 1.97. The average molecular weight is 235 g/mol. The van der Waals surface area contributed by atoms with Crippen LogP contribution in [0.4, 0.5) is 0 Å². The molecule has 0 saturated carbocycles. The van der Waals surface area contributed by atoms with Crippen LogP contribution in [0.25, 0.3) is 0 Å². The van der Waals surface area contributed by atoms with E-state index in [0.717, 1.165) is 25.3 Å². The van der Waals surface area contributed by atoms with Gasteiger partial charge in [-0.25, -0.2) is 0 Å². The molecule has 1 rings (SSSR count). The third-order valence-corrected chi connectivity index (χ3v) is 2.84. The molecule has 0 aliphatic heterocycles. The van der Waals surface area contributed by atoms with Crippen molar-refractivity contribution in [3.8, 4) is 5.75 Å². The molecule has 1 aromatic carbocycles. The van der Waals surface area contributed by atoms with Gasteiger partial charge in [0.05, 0.1) is 6.61 Å². The SMILES string of the molecule is CCCCCCOc1ccc(C)cc1CNC. The zero-order chi connectivity index (χ0) is 12.5. The lowest BCUT2D eigenvalue weighted by Gasteiger charge is -2.12. The van der Waals surface area contributed by atoms with Gasteiger partial charge in [-0.15, -0.1) is 0 Å². The second kappa shape index (κ2) is 8.13. The molecule has 0 fully saturated rings. The number of nitrogens with one attached hydrogen (secondary N) is 1. The molecular formula is C15H25NO. The summed E-state index contributed by atoms with van der Waals surface area (Å²) in [4.78, 5) is 0. The highest BCUT2D eigenvalue weighted by molar-refractivity contribution is 5.36. The van der Waals surface area contributed by atoms with Crippen LogP contribution in [0.15, 0.2) is 18.2 Å². The highest BCUT2D eigenvalue weighted by atomic mass is 16.5. The van der Waals surface area contributed by atoms with Crippen molar-refractivity contribution >= 4 is 0 Å². The molecule has 0 aliphatic rings. The van der Waals surface area contributed by atoms with E-state index in [0.29, 0.717) is 0 Å². The fraction of sp³-hybridized carbons (Fsp3) is 0.600. The van der Waals surface area contributed by atoms with Crippen molar-refractivity contribution in [1.29, 1.82) is 0 Å². The van der Waals surface area contributed by atoms with Gasteiger partial charge in [-0.3, -0.25) is 0 Å². The molecule has 0 amide bonds. The third-order valence-electron chi connectivity index (χ3n) is 2.84.